The lowest BCUT2D eigenvalue weighted by Gasteiger charge is -2.26. The van der Waals surface area contributed by atoms with Gasteiger partial charge in [-0.2, -0.15) is 0 Å². The second kappa shape index (κ2) is 11.9. The van der Waals surface area contributed by atoms with E-state index in [0.717, 1.165) is 7.62 Å². The summed E-state index contributed by atoms with van der Waals surface area (Å²) in [7, 11) is 0.777. The fourth-order valence-electron chi connectivity index (χ4n) is 3.35. The maximum absolute atomic E-state index is 12.8. The summed E-state index contributed by atoms with van der Waals surface area (Å²) in [4.78, 5) is 40.0. The van der Waals surface area contributed by atoms with Crippen LogP contribution in [-0.2, 0) is 23.7 Å². The molecule has 1 saturated heterocycles. The summed E-state index contributed by atoms with van der Waals surface area (Å²) >= 11 is 0. The van der Waals surface area contributed by atoms with Gasteiger partial charge in [0.1, 0.15) is 6.10 Å². The van der Waals surface area contributed by atoms with Gasteiger partial charge < -0.3 is 29.0 Å². The minimum Gasteiger partial charge on any atom is -0.452 e. The van der Waals surface area contributed by atoms with Crippen LogP contribution in [0.5, 0.6) is 0 Å². The molecule has 2 unspecified atom stereocenters. The zero-order chi connectivity index (χ0) is 23.8. The molecule has 6 atom stereocenters. The molecule has 0 aliphatic carbocycles. The number of hydrogen-bond donors (Lipinski definition) is 2. The molecule has 1 aliphatic rings. The average molecular weight is 472 g/mol. The standard InChI is InChI=1S/C22H24BNO8P/c1-13(33-24-23-28)17-18(30-20(26)15-9-5-3-6-10-15)19(22(32-17)29-14(2)25)31-21(27)16-11-7-4-8-12-16/h3-13,17-19,22,24,28,33H,1-2H3/t13-,17-,18-,19-,22?/m1/s1. The molecule has 3 rings (SSSR count). The van der Waals surface area contributed by atoms with Crippen LogP contribution in [-0.4, -0.2) is 60.8 Å². The molecule has 1 fully saturated rings. The van der Waals surface area contributed by atoms with E-state index in [1.54, 1.807) is 67.6 Å². The summed E-state index contributed by atoms with van der Waals surface area (Å²) < 4.78 is 22.6. The van der Waals surface area contributed by atoms with Crippen molar-refractivity contribution in [2.45, 2.75) is 44.1 Å². The highest BCUT2D eigenvalue weighted by molar-refractivity contribution is 7.38. The van der Waals surface area contributed by atoms with Crippen LogP contribution >= 0.6 is 8.73 Å². The third-order valence-corrected chi connectivity index (χ3v) is 5.94. The molecule has 2 aromatic rings. The molecule has 0 amide bonds. The summed E-state index contributed by atoms with van der Waals surface area (Å²) in [6.45, 7) is 3.00. The monoisotopic (exact) mass is 472 g/mol. The Morgan fingerprint density at radius 1 is 0.939 bits per heavy atom. The second-order valence-electron chi connectivity index (χ2n) is 7.26. The normalized spacial score (nSPS) is 23.1. The predicted octanol–water partition coefficient (Wildman–Crippen LogP) is 1.82. The van der Waals surface area contributed by atoms with E-state index < -0.39 is 42.5 Å². The number of benzene rings is 2. The number of hydrogen-bond acceptors (Lipinski definition) is 9. The Hall–Kier alpha value is -2.78. The summed E-state index contributed by atoms with van der Waals surface area (Å²) in [6.07, 6.45) is -4.34. The molecule has 2 N–H and O–H groups in total. The van der Waals surface area contributed by atoms with E-state index in [4.69, 9.17) is 24.0 Å². The van der Waals surface area contributed by atoms with E-state index in [0.29, 0.717) is 5.56 Å². The summed E-state index contributed by atoms with van der Waals surface area (Å²) in [5.74, 6) is -1.97. The van der Waals surface area contributed by atoms with Crippen molar-refractivity contribution in [1.29, 1.82) is 0 Å². The Labute approximate surface area is 193 Å². The second-order valence-corrected chi connectivity index (χ2v) is 8.74. The highest BCUT2D eigenvalue weighted by Gasteiger charge is 2.53. The zero-order valence-corrected chi connectivity index (χ0v) is 19.0. The van der Waals surface area contributed by atoms with E-state index in [1.165, 1.54) is 6.92 Å². The minimum atomic E-state index is -1.28. The van der Waals surface area contributed by atoms with E-state index in [9.17, 15) is 14.4 Å². The molecule has 9 nitrogen and oxygen atoms in total. The molecule has 1 heterocycles. The molecule has 0 aromatic heterocycles. The van der Waals surface area contributed by atoms with Crippen molar-refractivity contribution in [3.05, 3.63) is 71.8 Å². The minimum absolute atomic E-state index is 0.0197. The van der Waals surface area contributed by atoms with Crippen LogP contribution < -0.4 is 5.00 Å². The topological polar surface area (TPSA) is 120 Å². The van der Waals surface area contributed by atoms with Gasteiger partial charge in [-0.05, 0) is 24.3 Å². The molecular weight excluding hydrogens is 448 g/mol. The molecule has 11 heteroatoms. The fraction of sp³-hybridized carbons (Fsp3) is 0.318. The quantitative estimate of drug-likeness (QED) is 0.244. The van der Waals surface area contributed by atoms with E-state index in [1.807, 2.05) is 0 Å². The first kappa shape index (κ1) is 24.9. The van der Waals surface area contributed by atoms with Gasteiger partial charge in [0.15, 0.2) is 6.10 Å². The molecular formula is C22H24BNO8P. The van der Waals surface area contributed by atoms with Crippen molar-refractivity contribution in [3.8, 4) is 0 Å². The first-order chi connectivity index (χ1) is 15.9. The molecule has 2 aromatic carbocycles. The number of esters is 3. The smallest absolute Gasteiger partial charge is 0.396 e. The van der Waals surface area contributed by atoms with Gasteiger partial charge in [0.25, 0.3) is 0 Å². The first-order valence-corrected chi connectivity index (χ1v) is 11.3. The number of nitrogens with one attached hydrogen (secondary N) is 1. The van der Waals surface area contributed by atoms with Gasteiger partial charge >= 0.3 is 25.5 Å². The van der Waals surface area contributed by atoms with Crippen molar-refractivity contribution in [3.63, 3.8) is 0 Å². The van der Waals surface area contributed by atoms with Crippen LogP contribution in [0.25, 0.3) is 0 Å². The van der Waals surface area contributed by atoms with Crippen molar-refractivity contribution in [2.24, 2.45) is 0 Å². The Morgan fingerprint density at radius 2 is 1.45 bits per heavy atom. The maximum Gasteiger partial charge on any atom is 0.396 e. The third-order valence-electron chi connectivity index (χ3n) is 4.86. The number of ether oxygens (including phenoxy) is 4. The van der Waals surface area contributed by atoms with Crippen molar-refractivity contribution >= 4 is 34.3 Å². The Balaban J connectivity index is 1.90. The van der Waals surface area contributed by atoms with Crippen LogP contribution in [0.4, 0.5) is 0 Å². The van der Waals surface area contributed by atoms with Gasteiger partial charge in [-0.25, -0.2) is 9.59 Å². The summed E-state index contributed by atoms with van der Waals surface area (Å²) in [5, 5.41) is 8.99. The van der Waals surface area contributed by atoms with E-state index >= 15 is 0 Å². The van der Waals surface area contributed by atoms with Crippen molar-refractivity contribution < 1.29 is 38.4 Å². The SMILES string of the molecule is CC(=O)OC1O[C@H]([C@@H](C)PN[B]O)[C@@H](OC(=O)c2ccccc2)[C@H]1OC(=O)c1ccccc1. The van der Waals surface area contributed by atoms with Crippen LogP contribution in [0.3, 0.4) is 0 Å². The zero-order valence-electron chi connectivity index (χ0n) is 18.0. The molecule has 1 aliphatic heterocycles. The number of carbonyl (C=O) groups is 3. The molecule has 0 bridgehead atoms. The molecule has 0 spiro atoms. The fourth-order valence-corrected chi connectivity index (χ4v) is 4.12. The Bertz CT molecular complexity index is 948. The molecule has 33 heavy (non-hydrogen) atoms. The molecule has 1 radical (unpaired) electrons. The number of rotatable bonds is 9. The lowest BCUT2D eigenvalue weighted by molar-refractivity contribution is -0.186. The largest absolute Gasteiger partial charge is 0.452 e. The van der Waals surface area contributed by atoms with E-state index in [-0.39, 0.29) is 20.0 Å². The van der Waals surface area contributed by atoms with Crippen LogP contribution in [0, 0.1) is 0 Å². The lowest BCUT2D eigenvalue weighted by Crippen LogP contribution is -2.43. The third kappa shape index (κ3) is 6.61. The Kier molecular flexibility index (Phi) is 8.97. The van der Waals surface area contributed by atoms with Gasteiger partial charge in [-0.3, -0.25) is 4.79 Å². The van der Waals surface area contributed by atoms with Crippen molar-refractivity contribution in [1.82, 2.24) is 5.00 Å². The summed E-state index contributed by atoms with van der Waals surface area (Å²) in [6, 6.07) is 16.6. The van der Waals surface area contributed by atoms with Crippen LogP contribution in [0.1, 0.15) is 34.6 Å². The van der Waals surface area contributed by atoms with Crippen LogP contribution in [0.2, 0.25) is 0 Å². The predicted molar refractivity (Wildman–Crippen MR) is 121 cm³/mol. The van der Waals surface area contributed by atoms with E-state index in [2.05, 4.69) is 5.00 Å². The molecule has 173 valence electrons. The maximum atomic E-state index is 12.8. The highest BCUT2D eigenvalue weighted by Crippen LogP contribution is 2.35. The lowest BCUT2D eigenvalue weighted by atomic mass is 10.1. The number of carbonyl (C=O) groups excluding carboxylic acids is 3. The molecule has 0 saturated carbocycles. The van der Waals surface area contributed by atoms with Gasteiger partial charge in [-0.1, -0.05) is 52.1 Å². The summed E-state index contributed by atoms with van der Waals surface area (Å²) in [5.41, 5.74) is 0.278. The van der Waals surface area contributed by atoms with Gasteiger partial charge in [0.2, 0.25) is 12.4 Å². The van der Waals surface area contributed by atoms with Gasteiger partial charge in [0, 0.05) is 12.6 Å². The van der Waals surface area contributed by atoms with Crippen molar-refractivity contribution in [2.75, 3.05) is 0 Å². The van der Waals surface area contributed by atoms with Crippen LogP contribution in [0.15, 0.2) is 60.7 Å². The first-order valence-electron chi connectivity index (χ1n) is 10.2. The van der Waals surface area contributed by atoms with Gasteiger partial charge in [-0.15, -0.1) is 0 Å². The highest BCUT2D eigenvalue weighted by atomic mass is 31.1. The average Bonchev–Trinajstić information content (AvgIpc) is 3.14. The Morgan fingerprint density at radius 3 is 1.94 bits per heavy atom. The van der Waals surface area contributed by atoms with Gasteiger partial charge in [0.05, 0.1) is 11.1 Å².